The van der Waals surface area contributed by atoms with Crippen molar-refractivity contribution >= 4 is 17.3 Å². The van der Waals surface area contributed by atoms with Gasteiger partial charge in [-0.2, -0.15) is 0 Å². The van der Waals surface area contributed by atoms with Gasteiger partial charge >= 0.3 is 0 Å². The molecule has 4 N–H and O–H groups in total. The van der Waals surface area contributed by atoms with Gasteiger partial charge in [0.05, 0.1) is 12.2 Å². The van der Waals surface area contributed by atoms with Gasteiger partial charge in [-0.25, -0.2) is 0 Å². The van der Waals surface area contributed by atoms with E-state index in [1.807, 2.05) is 6.07 Å². The van der Waals surface area contributed by atoms with Crippen molar-refractivity contribution in [3.05, 3.63) is 23.8 Å². The highest BCUT2D eigenvalue weighted by Crippen LogP contribution is 2.24. The predicted octanol–water partition coefficient (Wildman–Crippen LogP) is 1.23. The first kappa shape index (κ1) is 14.3. The molecule has 0 spiro atoms. The molecule has 0 saturated heterocycles. The van der Waals surface area contributed by atoms with Gasteiger partial charge in [0.1, 0.15) is 0 Å². The van der Waals surface area contributed by atoms with Crippen LogP contribution in [-0.2, 0) is 4.74 Å². The lowest BCUT2D eigenvalue weighted by molar-refractivity contribution is 0.100. The number of hydrogen-bond donors (Lipinski definition) is 2. The Balaban J connectivity index is 3.14. The summed E-state index contributed by atoms with van der Waals surface area (Å²) >= 11 is 0. The lowest BCUT2D eigenvalue weighted by atomic mass is 10.1. The molecular weight excluding hydrogens is 230 g/mol. The van der Waals surface area contributed by atoms with Crippen LogP contribution in [0.4, 0.5) is 11.4 Å². The van der Waals surface area contributed by atoms with Gasteiger partial charge in [0.25, 0.3) is 5.91 Å². The number of nitrogen functional groups attached to an aromatic ring is 1. The maximum absolute atomic E-state index is 11.5. The minimum atomic E-state index is -0.472. The third-order valence-corrected chi connectivity index (χ3v) is 2.76. The summed E-state index contributed by atoms with van der Waals surface area (Å²) in [6, 6.07) is 5.44. The van der Waals surface area contributed by atoms with Crippen molar-refractivity contribution in [1.29, 1.82) is 0 Å². The molecule has 0 aliphatic carbocycles. The molecule has 0 fully saturated rings. The lowest BCUT2D eigenvalue weighted by Gasteiger charge is -2.30. The molecule has 0 atom stereocenters. The number of methoxy groups -OCH3 is 1. The summed E-state index contributed by atoms with van der Waals surface area (Å²) in [5.74, 6) is -0.472. The van der Waals surface area contributed by atoms with E-state index in [4.69, 9.17) is 16.2 Å². The van der Waals surface area contributed by atoms with Gasteiger partial charge in [0.15, 0.2) is 0 Å². The molecular formula is C13H21N3O2. The van der Waals surface area contributed by atoms with Crippen molar-refractivity contribution in [3.63, 3.8) is 0 Å². The van der Waals surface area contributed by atoms with Crippen LogP contribution in [0.2, 0.25) is 0 Å². The van der Waals surface area contributed by atoms with Gasteiger partial charge in [-0.05, 0) is 32.0 Å². The molecule has 0 heterocycles. The number of amides is 1. The minimum Gasteiger partial charge on any atom is -0.399 e. The van der Waals surface area contributed by atoms with Crippen LogP contribution in [-0.4, -0.2) is 32.2 Å². The number of ether oxygens (including phenoxy) is 1. The fourth-order valence-corrected chi connectivity index (χ4v) is 1.85. The van der Waals surface area contributed by atoms with Crippen molar-refractivity contribution in [2.75, 3.05) is 30.9 Å². The molecule has 1 aromatic rings. The first-order valence-electron chi connectivity index (χ1n) is 5.92. The number of benzene rings is 1. The molecule has 5 nitrogen and oxygen atoms in total. The zero-order valence-corrected chi connectivity index (χ0v) is 11.1. The second-order valence-corrected chi connectivity index (χ2v) is 4.42. The molecule has 100 valence electrons. The fourth-order valence-electron chi connectivity index (χ4n) is 1.85. The van der Waals surface area contributed by atoms with Crippen LogP contribution >= 0.6 is 0 Å². The lowest BCUT2D eigenvalue weighted by Crippen LogP contribution is -2.35. The Morgan fingerprint density at radius 3 is 2.61 bits per heavy atom. The topological polar surface area (TPSA) is 81.6 Å². The second kappa shape index (κ2) is 6.26. The maximum atomic E-state index is 11.5. The summed E-state index contributed by atoms with van der Waals surface area (Å²) in [6.45, 7) is 5.38. The Labute approximate surface area is 108 Å². The van der Waals surface area contributed by atoms with Crippen LogP contribution < -0.4 is 16.4 Å². The number of hydrogen-bond acceptors (Lipinski definition) is 4. The van der Waals surface area contributed by atoms with Crippen LogP contribution in [0.1, 0.15) is 24.2 Å². The highest BCUT2D eigenvalue weighted by molar-refractivity contribution is 5.99. The Bertz CT molecular complexity index is 419. The van der Waals surface area contributed by atoms with Crippen LogP contribution in [0, 0.1) is 0 Å². The fraction of sp³-hybridized carbons (Fsp3) is 0.462. The van der Waals surface area contributed by atoms with Crippen molar-refractivity contribution in [2.45, 2.75) is 19.9 Å². The van der Waals surface area contributed by atoms with E-state index in [0.29, 0.717) is 24.4 Å². The van der Waals surface area contributed by atoms with Crippen molar-refractivity contribution < 1.29 is 9.53 Å². The molecule has 0 radical (unpaired) electrons. The molecule has 0 aliphatic heterocycles. The molecule has 1 aromatic carbocycles. The number of primary amides is 1. The van der Waals surface area contributed by atoms with Crippen LogP contribution in [0.15, 0.2) is 18.2 Å². The van der Waals surface area contributed by atoms with Crippen molar-refractivity contribution in [2.24, 2.45) is 5.73 Å². The minimum absolute atomic E-state index is 0.238. The second-order valence-electron chi connectivity index (χ2n) is 4.42. The van der Waals surface area contributed by atoms with Gasteiger partial charge in [0, 0.05) is 31.1 Å². The van der Waals surface area contributed by atoms with Gasteiger partial charge in [-0.3, -0.25) is 4.79 Å². The van der Waals surface area contributed by atoms with E-state index in [0.717, 1.165) is 5.69 Å². The Morgan fingerprint density at radius 2 is 2.11 bits per heavy atom. The quantitative estimate of drug-likeness (QED) is 0.745. The number of anilines is 2. The van der Waals surface area contributed by atoms with E-state index in [2.05, 4.69) is 18.7 Å². The standard InChI is InChI=1S/C13H21N3O2/c1-9(2)16(6-7-18-3)12-5-4-10(14)8-11(12)13(15)17/h4-5,8-9H,6-7,14H2,1-3H3,(H2,15,17). The summed E-state index contributed by atoms with van der Waals surface area (Å²) in [5.41, 5.74) is 12.9. The number of nitrogens with two attached hydrogens (primary N) is 2. The average Bonchev–Trinajstić information content (AvgIpc) is 2.30. The van der Waals surface area contributed by atoms with Crippen LogP contribution in [0.3, 0.4) is 0 Å². The molecule has 0 aromatic heterocycles. The van der Waals surface area contributed by atoms with E-state index in [1.54, 1.807) is 19.2 Å². The number of carbonyl (C=O) groups excluding carboxylic acids is 1. The third kappa shape index (κ3) is 3.37. The monoisotopic (exact) mass is 251 g/mol. The zero-order valence-electron chi connectivity index (χ0n) is 11.1. The smallest absolute Gasteiger partial charge is 0.250 e. The van der Waals surface area contributed by atoms with E-state index in [1.165, 1.54) is 0 Å². The van der Waals surface area contributed by atoms with Gasteiger partial charge < -0.3 is 21.1 Å². The number of carbonyl (C=O) groups is 1. The van der Waals surface area contributed by atoms with Crippen molar-refractivity contribution in [3.8, 4) is 0 Å². The number of rotatable bonds is 6. The summed E-state index contributed by atoms with van der Waals surface area (Å²) in [6.07, 6.45) is 0. The van der Waals surface area contributed by atoms with Gasteiger partial charge in [-0.1, -0.05) is 0 Å². The zero-order chi connectivity index (χ0) is 13.7. The van der Waals surface area contributed by atoms with Crippen LogP contribution in [0.25, 0.3) is 0 Å². The molecule has 1 amide bonds. The van der Waals surface area contributed by atoms with Gasteiger partial charge in [0.2, 0.25) is 0 Å². The highest BCUT2D eigenvalue weighted by atomic mass is 16.5. The van der Waals surface area contributed by atoms with E-state index in [-0.39, 0.29) is 6.04 Å². The van der Waals surface area contributed by atoms with Crippen LogP contribution in [0.5, 0.6) is 0 Å². The SMILES string of the molecule is COCCN(c1ccc(N)cc1C(N)=O)C(C)C. The molecule has 5 heteroatoms. The first-order valence-corrected chi connectivity index (χ1v) is 5.92. The normalized spacial score (nSPS) is 10.7. The Kier molecular flexibility index (Phi) is 4.97. The Morgan fingerprint density at radius 1 is 1.44 bits per heavy atom. The average molecular weight is 251 g/mol. The molecule has 0 aliphatic rings. The van der Waals surface area contributed by atoms with E-state index >= 15 is 0 Å². The largest absolute Gasteiger partial charge is 0.399 e. The predicted molar refractivity (Wildman–Crippen MR) is 73.7 cm³/mol. The summed E-state index contributed by atoms with van der Waals surface area (Å²) in [4.78, 5) is 13.6. The first-order chi connectivity index (χ1) is 8.47. The molecule has 18 heavy (non-hydrogen) atoms. The summed E-state index contributed by atoms with van der Waals surface area (Å²) in [7, 11) is 1.65. The molecule has 0 bridgehead atoms. The van der Waals surface area contributed by atoms with Gasteiger partial charge in [-0.15, -0.1) is 0 Å². The third-order valence-electron chi connectivity index (χ3n) is 2.76. The van der Waals surface area contributed by atoms with Crippen molar-refractivity contribution in [1.82, 2.24) is 0 Å². The molecule has 0 saturated carbocycles. The summed E-state index contributed by atoms with van der Waals surface area (Å²) in [5, 5.41) is 0. The number of nitrogens with zero attached hydrogens (tertiary/aromatic N) is 1. The maximum Gasteiger partial charge on any atom is 0.250 e. The molecule has 1 rings (SSSR count). The highest BCUT2D eigenvalue weighted by Gasteiger charge is 2.17. The van der Waals surface area contributed by atoms with E-state index < -0.39 is 5.91 Å². The molecule has 0 unspecified atom stereocenters. The Hall–Kier alpha value is -1.75. The van der Waals surface area contributed by atoms with E-state index in [9.17, 15) is 4.79 Å². The summed E-state index contributed by atoms with van der Waals surface area (Å²) < 4.78 is 5.09.